The third kappa shape index (κ3) is 6.12. The Labute approximate surface area is 224 Å². The van der Waals surface area contributed by atoms with Crippen LogP contribution in [-0.4, -0.2) is 52.1 Å². The Kier molecular flexibility index (Phi) is 8.80. The second-order valence-electron chi connectivity index (χ2n) is 8.55. The number of benzene rings is 1. The van der Waals surface area contributed by atoms with E-state index in [1.165, 1.54) is 11.3 Å². The SMILES string of the molecule is CCNC(=O)Nc1nc2c(F)c(-c3cnc(NCC4CCNCC4)nc3)cc(-c3ccccn3)c2s1.Cl. The number of pyridine rings is 1. The van der Waals surface area contributed by atoms with Crippen molar-refractivity contribution in [3.63, 3.8) is 0 Å². The van der Waals surface area contributed by atoms with Gasteiger partial charge >= 0.3 is 6.03 Å². The van der Waals surface area contributed by atoms with Crippen molar-refractivity contribution >= 4 is 51.1 Å². The number of halogens is 2. The quantitative estimate of drug-likeness (QED) is 0.261. The van der Waals surface area contributed by atoms with Gasteiger partial charge < -0.3 is 16.0 Å². The molecule has 2 amide bonds. The molecule has 37 heavy (non-hydrogen) atoms. The topological polar surface area (TPSA) is 117 Å². The summed E-state index contributed by atoms with van der Waals surface area (Å²) in [6.07, 6.45) is 7.16. The fraction of sp³-hybridized carbons (Fsp3) is 0.320. The van der Waals surface area contributed by atoms with Gasteiger partial charge in [-0.05, 0) is 57.0 Å². The highest BCUT2D eigenvalue weighted by Gasteiger charge is 2.21. The number of anilines is 2. The van der Waals surface area contributed by atoms with Crippen LogP contribution >= 0.6 is 23.7 Å². The molecule has 0 unspecified atom stereocenters. The molecule has 0 aliphatic carbocycles. The third-order valence-electron chi connectivity index (χ3n) is 6.07. The molecule has 1 aliphatic heterocycles. The fourth-order valence-corrected chi connectivity index (χ4v) is 5.19. The average molecular weight is 543 g/mol. The van der Waals surface area contributed by atoms with E-state index in [0.29, 0.717) is 45.1 Å². The van der Waals surface area contributed by atoms with Crippen LogP contribution in [0.4, 0.5) is 20.3 Å². The van der Waals surface area contributed by atoms with Crippen molar-refractivity contribution in [3.05, 3.63) is 48.7 Å². The number of piperidine rings is 1. The van der Waals surface area contributed by atoms with Gasteiger partial charge in [0, 0.05) is 48.4 Å². The first-order valence-corrected chi connectivity index (χ1v) is 12.8. The summed E-state index contributed by atoms with van der Waals surface area (Å²) in [5.74, 6) is 0.608. The summed E-state index contributed by atoms with van der Waals surface area (Å²) < 4.78 is 16.4. The van der Waals surface area contributed by atoms with E-state index in [1.54, 1.807) is 24.7 Å². The summed E-state index contributed by atoms with van der Waals surface area (Å²) in [4.78, 5) is 29.7. The second kappa shape index (κ2) is 12.2. The molecule has 12 heteroatoms. The maximum absolute atomic E-state index is 15.8. The van der Waals surface area contributed by atoms with E-state index in [2.05, 4.69) is 41.2 Å². The Morgan fingerprint density at radius 1 is 1.16 bits per heavy atom. The monoisotopic (exact) mass is 542 g/mol. The third-order valence-corrected chi connectivity index (χ3v) is 7.08. The molecule has 4 heterocycles. The summed E-state index contributed by atoms with van der Waals surface area (Å²) >= 11 is 1.20. The van der Waals surface area contributed by atoms with Gasteiger partial charge in [0.15, 0.2) is 10.9 Å². The molecule has 1 saturated heterocycles. The number of nitrogens with one attached hydrogen (secondary N) is 4. The maximum Gasteiger partial charge on any atom is 0.321 e. The van der Waals surface area contributed by atoms with Crippen LogP contribution in [0.1, 0.15) is 19.8 Å². The standard InChI is InChI=1S/C25H27FN8OS.ClH/c1-2-28-24(35)34-25-33-21-20(26)17(11-18(22(21)36-25)19-5-3-4-8-29-19)16-13-31-23(32-14-16)30-12-15-6-9-27-10-7-15;/h3-5,8,11,13-15,27H,2,6-7,9-10,12H2,1H3,(H,30,31,32)(H2,28,33,34,35);1H. The number of hydrogen-bond acceptors (Lipinski definition) is 8. The second-order valence-corrected chi connectivity index (χ2v) is 9.55. The number of carbonyl (C=O) groups excluding carboxylic acids is 1. The lowest BCUT2D eigenvalue weighted by Gasteiger charge is -2.22. The van der Waals surface area contributed by atoms with Crippen LogP contribution in [0, 0.1) is 11.7 Å². The van der Waals surface area contributed by atoms with E-state index in [-0.39, 0.29) is 17.9 Å². The van der Waals surface area contributed by atoms with Crippen LogP contribution in [0.5, 0.6) is 0 Å². The van der Waals surface area contributed by atoms with E-state index < -0.39 is 11.8 Å². The molecule has 4 N–H and O–H groups in total. The van der Waals surface area contributed by atoms with Gasteiger partial charge in [-0.25, -0.2) is 24.1 Å². The zero-order valence-corrected chi connectivity index (χ0v) is 21.9. The molecule has 0 atom stereocenters. The van der Waals surface area contributed by atoms with Gasteiger partial charge in [0.1, 0.15) is 5.52 Å². The zero-order chi connectivity index (χ0) is 24.9. The molecule has 194 valence electrons. The van der Waals surface area contributed by atoms with Crippen molar-refractivity contribution in [1.82, 2.24) is 30.6 Å². The predicted molar refractivity (Wildman–Crippen MR) is 148 cm³/mol. The van der Waals surface area contributed by atoms with E-state index in [1.807, 2.05) is 25.1 Å². The zero-order valence-electron chi connectivity index (χ0n) is 20.3. The minimum Gasteiger partial charge on any atom is -0.354 e. The number of thiazole rings is 1. The number of nitrogens with zero attached hydrogens (tertiary/aromatic N) is 4. The van der Waals surface area contributed by atoms with Gasteiger partial charge in [-0.2, -0.15) is 0 Å². The normalized spacial score (nSPS) is 13.7. The fourth-order valence-electron chi connectivity index (χ4n) is 4.21. The van der Waals surface area contributed by atoms with E-state index in [4.69, 9.17) is 0 Å². The van der Waals surface area contributed by atoms with Gasteiger partial charge in [-0.1, -0.05) is 17.4 Å². The van der Waals surface area contributed by atoms with E-state index in [0.717, 1.165) is 38.0 Å². The molecule has 4 aromatic rings. The van der Waals surface area contributed by atoms with Crippen LogP contribution in [-0.2, 0) is 0 Å². The molecule has 0 saturated carbocycles. The highest BCUT2D eigenvalue weighted by molar-refractivity contribution is 7.22. The van der Waals surface area contributed by atoms with Crippen LogP contribution in [0.2, 0.25) is 0 Å². The number of fused-ring (bicyclic) bond motifs is 1. The van der Waals surface area contributed by atoms with Crippen molar-refractivity contribution in [2.75, 3.05) is 36.8 Å². The van der Waals surface area contributed by atoms with Crippen LogP contribution in [0.15, 0.2) is 42.9 Å². The molecule has 9 nitrogen and oxygen atoms in total. The van der Waals surface area contributed by atoms with Gasteiger partial charge in [-0.3, -0.25) is 10.3 Å². The lowest BCUT2D eigenvalue weighted by atomic mass is 9.98. The van der Waals surface area contributed by atoms with Crippen molar-refractivity contribution in [2.24, 2.45) is 5.92 Å². The highest BCUT2D eigenvalue weighted by atomic mass is 35.5. The van der Waals surface area contributed by atoms with Gasteiger partial charge in [-0.15, -0.1) is 12.4 Å². The molecule has 5 rings (SSSR count). The summed E-state index contributed by atoms with van der Waals surface area (Å²) in [6.45, 7) is 5.16. The molecule has 0 spiro atoms. The molecule has 0 radical (unpaired) electrons. The molecule has 1 aliphatic rings. The van der Waals surface area contributed by atoms with Crippen molar-refractivity contribution < 1.29 is 9.18 Å². The molecule has 0 bridgehead atoms. The predicted octanol–water partition coefficient (Wildman–Crippen LogP) is 4.93. The largest absolute Gasteiger partial charge is 0.354 e. The Morgan fingerprint density at radius 2 is 1.95 bits per heavy atom. The Bertz CT molecular complexity index is 1350. The number of hydrogen-bond donors (Lipinski definition) is 4. The van der Waals surface area contributed by atoms with Crippen LogP contribution in [0.3, 0.4) is 0 Å². The Morgan fingerprint density at radius 3 is 2.65 bits per heavy atom. The Hall–Kier alpha value is -3.41. The smallest absolute Gasteiger partial charge is 0.321 e. The minimum atomic E-state index is -0.496. The van der Waals surface area contributed by atoms with Crippen molar-refractivity contribution in [3.8, 4) is 22.4 Å². The maximum atomic E-state index is 15.8. The average Bonchev–Trinajstić information content (AvgIpc) is 3.33. The number of aromatic nitrogens is 4. The van der Waals surface area contributed by atoms with E-state index in [9.17, 15) is 4.79 Å². The highest BCUT2D eigenvalue weighted by Crippen LogP contribution is 2.40. The van der Waals surface area contributed by atoms with E-state index >= 15 is 4.39 Å². The Balaban J connectivity index is 0.00000320. The lowest BCUT2D eigenvalue weighted by molar-refractivity contribution is 0.252. The minimum absolute atomic E-state index is 0. The molecular weight excluding hydrogens is 515 g/mol. The molecule has 1 aromatic carbocycles. The van der Waals surface area contributed by atoms with Gasteiger partial charge in [0.2, 0.25) is 5.95 Å². The summed E-state index contributed by atoms with van der Waals surface area (Å²) in [6, 6.07) is 6.91. The van der Waals surface area contributed by atoms with Crippen LogP contribution in [0.25, 0.3) is 32.6 Å². The molecule has 1 fully saturated rings. The first kappa shape index (κ1) is 26.6. The molecular formula is C25H28ClFN8OS. The van der Waals surface area contributed by atoms with Crippen molar-refractivity contribution in [1.29, 1.82) is 0 Å². The van der Waals surface area contributed by atoms with Crippen molar-refractivity contribution in [2.45, 2.75) is 19.8 Å². The number of amides is 2. The van der Waals surface area contributed by atoms with Crippen LogP contribution < -0.4 is 21.3 Å². The lowest BCUT2D eigenvalue weighted by Crippen LogP contribution is -2.31. The first-order valence-electron chi connectivity index (χ1n) is 12.0. The number of rotatable bonds is 7. The molecule has 3 aromatic heterocycles. The summed E-state index contributed by atoms with van der Waals surface area (Å²) in [7, 11) is 0. The summed E-state index contributed by atoms with van der Waals surface area (Å²) in [5.41, 5.74) is 2.42. The number of carbonyl (C=O) groups is 1. The first-order chi connectivity index (χ1) is 17.6. The summed E-state index contributed by atoms with van der Waals surface area (Å²) in [5, 5.41) is 12.3. The number of urea groups is 1. The van der Waals surface area contributed by atoms with Gasteiger partial charge in [0.05, 0.1) is 10.4 Å². The van der Waals surface area contributed by atoms with Gasteiger partial charge in [0.25, 0.3) is 0 Å².